The molecule has 80 valence electrons. The molecule has 1 heterocycles. The molecule has 15 heavy (non-hydrogen) atoms. The second-order valence-corrected chi connectivity index (χ2v) is 5.10. The van der Waals surface area contributed by atoms with Gasteiger partial charge in [-0.3, -0.25) is 0 Å². The zero-order chi connectivity index (χ0) is 10.9. The Labute approximate surface area is 91.4 Å². The Bertz CT molecular complexity index is 349. The molecule has 1 aromatic rings. The number of hydrazone groups is 1. The summed E-state index contributed by atoms with van der Waals surface area (Å²) in [6.07, 6.45) is 2.93. The molecule has 1 unspecified atom stereocenters. The fourth-order valence-corrected chi connectivity index (χ4v) is 1.78. The van der Waals surface area contributed by atoms with Crippen LogP contribution in [0.25, 0.3) is 0 Å². The van der Waals surface area contributed by atoms with Gasteiger partial charge in [0.25, 0.3) is 0 Å². The number of nitrogens with one attached hydrogen (secondary N) is 1. The molecule has 1 N–H and O–H groups in total. The molecule has 0 aromatic heterocycles. The van der Waals surface area contributed by atoms with E-state index in [9.17, 15) is 0 Å². The van der Waals surface area contributed by atoms with Crippen LogP contribution in [0.1, 0.15) is 44.4 Å². The Kier molecular flexibility index (Phi) is 2.51. The lowest BCUT2D eigenvalue weighted by molar-refractivity contribution is 0.586. The summed E-state index contributed by atoms with van der Waals surface area (Å²) >= 11 is 0. The van der Waals surface area contributed by atoms with Crippen LogP contribution in [0, 0.1) is 0 Å². The highest BCUT2D eigenvalue weighted by Gasteiger charge is 2.16. The highest BCUT2D eigenvalue weighted by molar-refractivity contribution is 5.60. The maximum atomic E-state index is 4.04. The van der Waals surface area contributed by atoms with Crippen molar-refractivity contribution < 1.29 is 0 Å². The summed E-state index contributed by atoms with van der Waals surface area (Å²) in [5.41, 5.74) is 6.03. The molecule has 0 aliphatic carbocycles. The summed E-state index contributed by atoms with van der Waals surface area (Å²) in [7, 11) is 0. The third-order valence-corrected chi connectivity index (χ3v) is 2.84. The van der Waals surface area contributed by atoms with Gasteiger partial charge in [-0.25, -0.2) is 0 Å². The van der Waals surface area contributed by atoms with Crippen LogP contribution in [-0.4, -0.2) is 6.21 Å². The normalized spacial score (nSPS) is 20.3. The molecule has 2 nitrogen and oxygen atoms in total. The Morgan fingerprint density at radius 3 is 2.33 bits per heavy atom. The number of benzene rings is 1. The predicted molar refractivity (Wildman–Crippen MR) is 64.1 cm³/mol. The molecule has 1 atom stereocenters. The first kappa shape index (κ1) is 10.2. The van der Waals surface area contributed by atoms with E-state index in [1.165, 1.54) is 11.1 Å². The average Bonchev–Trinajstić information content (AvgIpc) is 2.69. The van der Waals surface area contributed by atoms with Crippen LogP contribution >= 0.6 is 0 Å². The zero-order valence-electron chi connectivity index (χ0n) is 9.62. The molecule has 2 rings (SSSR count). The van der Waals surface area contributed by atoms with Crippen LogP contribution in [-0.2, 0) is 5.41 Å². The maximum absolute atomic E-state index is 4.04. The van der Waals surface area contributed by atoms with Gasteiger partial charge in [0.15, 0.2) is 0 Å². The van der Waals surface area contributed by atoms with Gasteiger partial charge in [0.1, 0.15) is 0 Å². The van der Waals surface area contributed by atoms with E-state index < -0.39 is 0 Å². The largest absolute Gasteiger partial charge is 0.303 e. The summed E-state index contributed by atoms with van der Waals surface area (Å²) in [6, 6.07) is 9.21. The Morgan fingerprint density at radius 2 is 1.87 bits per heavy atom. The van der Waals surface area contributed by atoms with Crippen molar-refractivity contribution in [1.82, 2.24) is 5.43 Å². The van der Waals surface area contributed by atoms with E-state index >= 15 is 0 Å². The first-order valence-corrected chi connectivity index (χ1v) is 5.45. The summed E-state index contributed by atoms with van der Waals surface area (Å²) in [5, 5.41) is 4.04. The lowest BCUT2D eigenvalue weighted by Crippen LogP contribution is -2.13. The Balaban J connectivity index is 2.17. The Morgan fingerprint density at radius 1 is 1.20 bits per heavy atom. The summed E-state index contributed by atoms with van der Waals surface area (Å²) < 4.78 is 0. The fourth-order valence-electron chi connectivity index (χ4n) is 1.78. The molecular formula is C13H18N2. The lowest BCUT2D eigenvalue weighted by atomic mass is 9.86. The van der Waals surface area contributed by atoms with E-state index in [4.69, 9.17) is 0 Å². The van der Waals surface area contributed by atoms with Crippen LogP contribution in [0.2, 0.25) is 0 Å². The van der Waals surface area contributed by atoms with Crippen molar-refractivity contribution in [2.24, 2.45) is 5.10 Å². The molecule has 2 heteroatoms. The second kappa shape index (κ2) is 3.69. The van der Waals surface area contributed by atoms with Crippen LogP contribution in [0.15, 0.2) is 29.4 Å². The van der Waals surface area contributed by atoms with Gasteiger partial charge in [-0.05, 0) is 16.5 Å². The number of hydrogen-bond acceptors (Lipinski definition) is 2. The summed E-state index contributed by atoms with van der Waals surface area (Å²) in [6.45, 7) is 6.71. The molecule has 1 aliphatic rings. The molecule has 1 aromatic carbocycles. The monoisotopic (exact) mass is 202 g/mol. The van der Waals surface area contributed by atoms with E-state index in [1.54, 1.807) is 0 Å². The fraction of sp³-hybridized carbons (Fsp3) is 0.462. The third kappa shape index (κ3) is 2.20. The van der Waals surface area contributed by atoms with Crippen LogP contribution in [0.3, 0.4) is 0 Å². The predicted octanol–water partition coefficient (Wildman–Crippen LogP) is 3.00. The standard InChI is InChI=1S/C13H18N2/c1-13(2,3)11-6-4-10(5-7-11)12-8-9-14-15-12/h4-7,9,12,15H,8H2,1-3H3. The van der Waals surface area contributed by atoms with E-state index in [0.717, 1.165) is 6.42 Å². The SMILES string of the molecule is CC(C)(C)c1ccc(C2CC=NN2)cc1. The van der Waals surface area contributed by atoms with Crippen molar-refractivity contribution >= 4 is 6.21 Å². The first-order valence-electron chi connectivity index (χ1n) is 5.45. The van der Waals surface area contributed by atoms with Crippen LogP contribution < -0.4 is 5.43 Å². The zero-order valence-corrected chi connectivity index (χ0v) is 9.62. The Hall–Kier alpha value is -1.31. The van der Waals surface area contributed by atoms with Gasteiger partial charge >= 0.3 is 0 Å². The van der Waals surface area contributed by atoms with Gasteiger partial charge < -0.3 is 5.43 Å². The smallest absolute Gasteiger partial charge is 0.0739 e. The molecule has 0 fully saturated rings. The quantitative estimate of drug-likeness (QED) is 0.743. The van der Waals surface area contributed by atoms with E-state index in [-0.39, 0.29) is 5.41 Å². The minimum absolute atomic E-state index is 0.234. The van der Waals surface area contributed by atoms with Crippen molar-refractivity contribution in [1.29, 1.82) is 0 Å². The molecule has 0 saturated carbocycles. The lowest BCUT2D eigenvalue weighted by Gasteiger charge is -2.20. The number of hydrogen-bond donors (Lipinski definition) is 1. The van der Waals surface area contributed by atoms with Crippen molar-refractivity contribution in [3.8, 4) is 0 Å². The van der Waals surface area contributed by atoms with Gasteiger partial charge in [0.2, 0.25) is 0 Å². The summed E-state index contributed by atoms with van der Waals surface area (Å²) in [4.78, 5) is 0. The molecular weight excluding hydrogens is 184 g/mol. The van der Waals surface area contributed by atoms with Crippen LogP contribution in [0.4, 0.5) is 0 Å². The average molecular weight is 202 g/mol. The summed E-state index contributed by atoms with van der Waals surface area (Å²) in [5.74, 6) is 0. The van der Waals surface area contributed by atoms with Crippen molar-refractivity contribution in [3.63, 3.8) is 0 Å². The third-order valence-electron chi connectivity index (χ3n) is 2.84. The first-order chi connectivity index (χ1) is 7.07. The molecule has 1 aliphatic heterocycles. The second-order valence-electron chi connectivity index (χ2n) is 5.10. The van der Waals surface area contributed by atoms with Gasteiger partial charge in [-0.15, -0.1) is 0 Å². The molecule has 0 bridgehead atoms. The topological polar surface area (TPSA) is 24.4 Å². The van der Waals surface area contributed by atoms with Gasteiger partial charge in [-0.2, -0.15) is 5.10 Å². The molecule has 0 radical (unpaired) electrons. The highest BCUT2D eigenvalue weighted by atomic mass is 15.3. The van der Waals surface area contributed by atoms with Crippen molar-refractivity contribution in [2.75, 3.05) is 0 Å². The minimum atomic E-state index is 0.234. The minimum Gasteiger partial charge on any atom is -0.303 e. The van der Waals surface area contributed by atoms with Crippen LogP contribution in [0.5, 0.6) is 0 Å². The number of nitrogens with zero attached hydrogens (tertiary/aromatic N) is 1. The van der Waals surface area contributed by atoms with Crippen molar-refractivity contribution in [3.05, 3.63) is 35.4 Å². The molecule has 0 amide bonds. The van der Waals surface area contributed by atoms with Crippen molar-refractivity contribution in [2.45, 2.75) is 38.6 Å². The highest BCUT2D eigenvalue weighted by Crippen LogP contribution is 2.25. The van der Waals surface area contributed by atoms with Gasteiger partial charge in [0.05, 0.1) is 6.04 Å². The molecule has 0 saturated heterocycles. The maximum Gasteiger partial charge on any atom is 0.0739 e. The van der Waals surface area contributed by atoms with E-state index in [2.05, 4.69) is 55.6 Å². The number of rotatable bonds is 1. The van der Waals surface area contributed by atoms with Gasteiger partial charge in [0, 0.05) is 12.6 Å². The van der Waals surface area contributed by atoms with E-state index in [1.807, 2.05) is 6.21 Å². The van der Waals surface area contributed by atoms with E-state index in [0.29, 0.717) is 6.04 Å². The van der Waals surface area contributed by atoms with Gasteiger partial charge in [-0.1, -0.05) is 45.0 Å². The molecule has 0 spiro atoms.